The van der Waals surface area contributed by atoms with E-state index in [0.717, 1.165) is 34.9 Å². The lowest BCUT2D eigenvalue weighted by molar-refractivity contribution is 0.415. The fraction of sp³-hybridized carbons (Fsp3) is 0.106. The van der Waals surface area contributed by atoms with Crippen LogP contribution in [0.2, 0.25) is 0 Å². The molecular formula is C47H40N2O. The Hall–Kier alpha value is -6.06. The van der Waals surface area contributed by atoms with E-state index in [9.17, 15) is 0 Å². The zero-order chi connectivity index (χ0) is 34.0. The highest BCUT2D eigenvalue weighted by atomic mass is 16.5. The zero-order valence-corrected chi connectivity index (χ0v) is 28.8. The summed E-state index contributed by atoms with van der Waals surface area (Å²) < 4.78 is 7.85. The van der Waals surface area contributed by atoms with Crippen LogP contribution in [0.15, 0.2) is 170 Å². The van der Waals surface area contributed by atoms with Gasteiger partial charge in [-0.05, 0) is 125 Å². The number of rotatable bonds is 9. The molecule has 1 atom stereocenters. The van der Waals surface area contributed by atoms with Gasteiger partial charge < -0.3 is 14.2 Å². The van der Waals surface area contributed by atoms with Crippen LogP contribution in [0, 0.1) is 0 Å². The molecule has 0 aliphatic rings. The highest BCUT2D eigenvalue weighted by molar-refractivity contribution is 6.11. The number of para-hydroxylation sites is 2. The van der Waals surface area contributed by atoms with Crippen molar-refractivity contribution in [3.63, 3.8) is 0 Å². The monoisotopic (exact) mass is 648 g/mol. The molecule has 3 heteroatoms. The molecule has 0 aliphatic heterocycles. The lowest BCUT2D eigenvalue weighted by Crippen LogP contribution is -2.09. The Balaban J connectivity index is 1.24. The van der Waals surface area contributed by atoms with E-state index in [1.165, 1.54) is 49.6 Å². The van der Waals surface area contributed by atoms with Gasteiger partial charge in [-0.2, -0.15) is 0 Å². The molecule has 0 fully saturated rings. The van der Waals surface area contributed by atoms with Crippen LogP contribution >= 0.6 is 0 Å². The number of fused-ring (bicyclic) bond motifs is 3. The Bertz CT molecular complexity index is 2340. The van der Waals surface area contributed by atoms with Crippen molar-refractivity contribution in [1.29, 1.82) is 0 Å². The summed E-state index contributed by atoms with van der Waals surface area (Å²) in [5, 5.41) is 2.46. The molecule has 8 rings (SSSR count). The van der Waals surface area contributed by atoms with E-state index in [4.69, 9.17) is 4.74 Å². The Morgan fingerprint density at radius 1 is 0.520 bits per heavy atom. The van der Waals surface area contributed by atoms with Gasteiger partial charge in [-0.3, -0.25) is 0 Å². The third-order valence-corrected chi connectivity index (χ3v) is 10.0. The summed E-state index contributed by atoms with van der Waals surface area (Å²) in [5.41, 5.74) is 13.0. The van der Waals surface area contributed by atoms with Gasteiger partial charge in [0.1, 0.15) is 5.75 Å². The smallest absolute Gasteiger partial charge is 0.119 e. The van der Waals surface area contributed by atoms with Crippen LogP contribution in [-0.2, 0) is 0 Å². The van der Waals surface area contributed by atoms with Crippen molar-refractivity contribution in [3.05, 3.63) is 175 Å². The molecule has 8 aromatic rings. The third-order valence-electron chi connectivity index (χ3n) is 10.0. The molecule has 0 aliphatic carbocycles. The maximum Gasteiger partial charge on any atom is 0.119 e. The Kier molecular flexibility index (Phi) is 8.40. The quantitative estimate of drug-likeness (QED) is 0.155. The van der Waals surface area contributed by atoms with Gasteiger partial charge in [0, 0.05) is 33.5 Å². The highest BCUT2D eigenvalue weighted by Crippen LogP contribution is 2.39. The maximum absolute atomic E-state index is 5.48. The van der Waals surface area contributed by atoms with Crippen molar-refractivity contribution in [3.8, 4) is 33.7 Å². The number of benzene rings is 7. The van der Waals surface area contributed by atoms with Gasteiger partial charge >= 0.3 is 0 Å². The van der Waals surface area contributed by atoms with Crippen molar-refractivity contribution in [1.82, 2.24) is 4.57 Å². The van der Waals surface area contributed by atoms with Crippen molar-refractivity contribution >= 4 is 38.9 Å². The average Bonchev–Trinajstić information content (AvgIpc) is 3.52. The van der Waals surface area contributed by atoms with Gasteiger partial charge in [-0.1, -0.05) is 98.8 Å². The number of hydrogen-bond donors (Lipinski definition) is 0. The van der Waals surface area contributed by atoms with Gasteiger partial charge in [-0.15, -0.1) is 0 Å². The summed E-state index contributed by atoms with van der Waals surface area (Å²) in [6, 6.07) is 61.2. The highest BCUT2D eigenvalue weighted by Gasteiger charge is 2.16. The van der Waals surface area contributed by atoms with Gasteiger partial charge in [0.05, 0.1) is 18.1 Å². The first-order valence-corrected chi connectivity index (χ1v) is 17.4. The molecule has 1 aromatic heterocycles. The van der Waals surface area contributed by atoms with Crippen LogP contribution in [0.3, 0.4) is 0 Å². The predicted octanol–water partition coefficient (Wildman–Crippen LogP) is 13.1. The molecule has 0 radical (unpaired) electrons. The van der Waals surface area contributed by atoms with Crippen LogP contribution in [-0.4, -0.2) is 11.7 Å². The first kappa shape index (κ1) is 31.2. The largest absolute Gasteiger partial charge is 0.497 e. The van der Waals surface area contributed by atoms with Crippen LogP contribution in [0.4, 0.5) is 17.1 Å². The number of methoxy groups -OCH3 is 1. The van der Waals surface area contributed by atoms with Crippen molar-refractivity contribution in [2.45, 2.75) is 26.2 Å². The van der Waals surface area contributed by atoms with E-state index in [2.05, 4.69) is 181 Å². The van der Waals surface area contributed by atoms with Crippen LogP contribution in [0.25, 0.3) is 49.7 Å². The normalized spacial score (nSPS) is 11.9. The van der Waals surface area contributed by atoms with Crippen molar-refractivity contribution < 1.29 is 4.74 Å². The minimum atomic E-state index is 0.557. The summed E-state index contributed by atoms with van der Waals surface area (Å²) in [6.45, 7) is 4.54. The second kappa shape index (κ2) is 13.4. The first-order chi connectivity index (χ1) is 24.6. The Labute approximate surface area is 294 Å². The summed E-state index contributed by atoms with van der Waals surface area (Å²) in [6.07, 6.45) is 1.14. The van der Waals surface area contributed by atoms with Gasteiger partial charge in [-0.25, -0.2) is 0 Å². The first-order valence-electron chi connectivity index (χ1n) is 17.4. The molecule has 0 amide bonds. The molecule has 0 saturated heterocycles. The molecule has 1 heterocycles. The maximum atomic E-state index is 5.48. The van der Waals surface area contributed by atoms with Crippen LogP contribution < -0.4 is 9.64 Å². The van der Waals surface area contributed by atoms with E-state index in [1.807, 2.05) is 12.1 Å². The lowest BCUT2D eigenvalue weighted by atomic mass is 9.95. The topological polar surface area (TPSA) is 17.4 Å². The molecule has 1 unspecified atom stereocenters. The SMILES string of the molecule is CCC(C)c1ccc(-c2ccc3c(c2)c2cc(-c4ccc(N(c5ccccc5)c5ccccc5)cc4)ccc2n3-c2ccc(OC)cc2)cc1. The Morgan fingerprint density at radius 2 is 0.980 bits per heavy atom. The summed E-state index contributed by atoms with van der Waals surface area (Å²) in [5.74, 6) is 1.41. The molecule has 0 N–H and O–H groups in total. The fourth-order valence-corrected chi connectivity index (χ4v) is 7.04. The summed E-state index contributed by atoms with van der Waals surface area (Å²) >= 11 is 0. The summed E-state index contributed by atoms with van der Waals surface area (Å²) in [4.78, 5) is 2.30. The van der Waals surface area contributed by atoms with Gasteiger partial charge in [0.2, 0.25) is 0 Å². The Morgan fingerprint density at radius 3 is 1.46 bits per heavy atom. The van der Waals surface area contributed by atoms with E-state index in [1.54, 1.807) is 7.11 Å². The van der Waals surface area contributed by atoms with Crippen molar-refractivity contribution in [2.24, 2.45) is 0 Å². The van der Waals surface area contributed by atoms with E-state index < -0.39 is 0 Å². The molecular weight excluding hydrogens is 609 g/mol. The molecule has 0 saturated carbocycles. The van der Waals surface area contributed by atoms with Gasteiger partial charge in [0.15, 0.2) is 0 Å². The molecule has 7 aromatic carbocycles. The predicted molar refractivity (Wildman–Crippen MR) is 212 cm³/mol. The fourth-order valence-electron chi connectivity index (χ4n) is 7.04. The van der Waals surface area contributed by atoms with E-state index in [0.29, 0.717) is 5.92 Å². The number of anilines is 3. The second-order valence-electron chi connectivity index (χ2n) is 13.0. The lowest BCUT2D eigenvalue weighted by Gasteiger charge is -2.25. The van der Waals surface area contributed by atoms with Gasteiger partial charge in [0.25, 0.3) is 0 Å². The molecule has 0 bridgehead atoms. The molecule has 0 spiro atoms. The van der Waals surface area contributed by atoms with E-state index >= 15 is 0 Å². The number of aromatic nitrogens is 1. The number of ether oxygens (including phenoxy) is 1. The molecule has 3 nitrogen and oxygen atoms in total. The van der Waals surface area contributed by atoms with Crippen LogP contribution in [0.5, 0.6) is 5.75 Å². The minimum Gasteiger partial charge on any atom is -0.497 e. The molecule has 50 heavy (non-hydrogen) atoms. The minimum absolute atomic E-state index is 0.557. The van der Waals surface area contributed by atoms with Crippen molar-refractivity contribution in [2.75, 3.05) is 12.0 Å². The zero-order valence-electron chi connectivity index (χ0n) is 28.8. The molecule has 244 valence electrons. The second-order valence-corrected chi connectivity index (χ2v) is 13.0. The standard InChI is InChI=1S/C47H40N2O/c1-4-33(2)34-15-17-35(18-16-34)37-21-29-46-44(31-37)45-32-38(22-30-47(45)49(46)42-25-27-43(50-3)28-26-42)36-19-23-41(24-20-36)48(39-11-7-5-8-12-39)40-13-9-6-10-14-40/h5-33H,4H2,1-3H3. The number of nitrogens with zero attached hydrogens (tertiary/aromatic N) is 2. The third kappa shape index (κ3) is 5.82. The number of hydrogen-bond acceptors (Lipinski definition) is 2. The van der Waals surface area contributed by atoms with E-state index in [-0.39, 0.29) is 0 Å². The van der Waals surface area contributed by atoms with Crippen LogP contribution in [0.1, 0.15) is 31.7 Å². The summed E-state index contributed by atoms with van der Waals surface area (Å²) in [7, 11) is 1.71. The average molecular weight is 649 g/mol.